The summed E-state index contributed by atoms with van der Waals surface area (Å²) < 4.78 is 26.9. The van der Waals surface area contributed by atoms with E-state index in [0.29, 0.717) is 23.2 Å². The summed E-state index contributed by atoms with van der Waals surface area (Å²) in [7, 11) is -3.51. The number of sulfonamides is 1. The van der Waals surface area contributed by atoms with Gasteiger partial charge in [-0.3, -0.25) is 0 Å². The van der Waals surface area contributed by atoms with E-state index in [1.807, 2.05) is 0 Å². The lowest BCUT2D eigenvalue weighted by atomic mass is 10.0. The molecule has 2 aromatic rings. The van der Waals surface area contributed by atoms with Crippen LogP contribution >= 0.6 is 22.9 Å². The normalized spacial score (nSPS) is 20.1. The van der Waals surface area contributed by atoms with Crippen molar-refractivity contribution in [3.8, 4) is 0 Å². The molecule has 1 aromatic heterocycles. The summed E-state index contributed by atoms with van der Waals surface area (Å²) in [5.74, 6) is 0.0469. The second-order valence-corrected chi connectivity index (χ2v) is 8.55. The Hall–Kier alpha value is -1.22. The first-order valence-electron chi connectivity index (χ1n) is 6.81. The number of nitrogens with two attached hydrogens (primary N) is 1. The van der Waals surface area contributed by atoms with Crippen molar-refractivity contribution in [1.82, 2.24) is 14.5 Å². The number of piperidine rings is 1. The van der Waals surface area contributed by atoms with Crippen LogP contribution in [0.3, 0.4) is 0 Å². The number of hydrogen-bond donors (Lipinski definition) is 1. The topological polar surface area (TPSA) is 89.2 Å². The first-order chi connectivity index (χ1) is 10.5. The van der Waals surface area contributed by atoms with E-state index in [1.165, 1.54) is 27.8 Å². The van der Waals surface area contributed by atoms with Gasteiger partial charge in [0.15, 0.2) is 0 Å². The third kappa shape index (κ3) is 3.10. The number of aromatic nitrogens is 2. The lowest BCUT2D eigenvalue weighted by Gasteiger charge is -2.30. The Labute approximate surface area is 138 Å². The van der Waals surface area contributed by atoms with E-state index in [-0.39, 0.29) is 10.8 Å². The van der Waals surface area contributed by atoms with E-state index in [4.69, 9.17) is 17.3 Å². The Kier molecular flexibility index (Phi) is 4.35. The van der Waals surface area contributed by atoms with Crippen LogP contribution in [-0.4, -0.2) is 36.0 Å². The van der Waals surface area contributed by atoms with Gasteiger partial charge in [-0.2, -0.15) is 4.31 Å². The molecule has 3 rings (SSSR count). The highest BCUT2D eigenvalue weighted by Crippen LogP contribution is 2.32. The Morgan fingerprint density at radius 2 is 2.00 bits per heavy atom. The van der Waals surface area contributed by atoms with Gasteiger partial charge in [0.25, 0.3) is 0 Å². The van der Waals surface area contributed by atoms with Crippen molar-refractivity contribution in [2.24, 2.45) is 0 Å². The summed E-state index contributed by atoms with van der Waals surface area (Å²) in [6, 6.07) is 6.23. The van der Waals surface area contributed by atoms with Crippen LogP contribution in [0.15, 0.2) is 29.2 Å². The number of nitrogens with zero attached hydrogens (tertiary/aromatic N) is 3. The van der Waals surface area contributed by atoms with Crippen LogP contribution in [0.5, 0.6) is 0 Å². The van der Waals surface area contributed by atoms with Gasteiger partial charge in [-0.1, -0.05) is 22.9 Å². The first-order valence-corrected chi connectivity index (χ1v) is 9.45. The lowest BCUT2D eigenvalue weighted by molar-refractivity contribution is 0.314. The molecule has 0 aliphatic carbocycles. The fraction of sp³-hybridized carbons (Fsp3) is 0.385. The van der Waals surface area contributed by atoms with E-state index in [0.717, 1.165) is 17.8 Å². The highest BCUT2D eigenvalue weighted by atomic mass is 35.5. The molecule has 22 heavy (non-hydrogen) atoms. The van der Waals surface area contributed by atoms with E-state index in [9.17, 15) is 8.42 Å². The minimum absolute atomic E-state index is 0.0469. The van der Waals surface area contributed by atoms with Gasteiger partial charge >= 0.3 is 0 Å². The largest absolute Gasteiger partial charge is 0.374 e. The van der Waals surface area contributed by atoms with E-state index >= 15 is 0 Å². The lowest BCUT2D eigenvalue weighted by Crippen LogP contribution is -2.39. The second-order valence-electron chi connectivity index (χ2n) is 5.13. The molecule has 9 heteroatoms. The molecule has 2 heterocycles. The van der Waals surface area contributed by atoms with Gasteiger partial charge < -0.3 is 5.73 Å². The third-order valence-electron chi connectivity index (χ3n) is 3.64. The molecule has 0 radical (unpaired) electrons. The molecule has 1 aliphatic rings. The Morgan fingerprint density at radius 3 is 2.64 bits per heavy atom. The van der Waals surface area contributed by atoms with Gasteiger partial charge in [0.1, 0.15) is 5.01 Å². The molecule has 0 spiro atoms. The minimum atomic E-state index is -3.51. The van der Waals surface area contributed by atoms with Crippen molar-refractivity contribution >= 4 is 38.1 Å². The molecule has 1 fully saturated rings. The number of halogens is 1. The molecule has 0 saturated carbocycles. The highest BCUT2D eigenvalue weighted by Gasteiger charge is 2.32. The van der Waals surface area contributed by atoms with Crippen LogP contribution in [0.2, 0.25) is 5.02 Å². The van der Waals surface area contributed by atoms with Crippen molar-refractivity contribution in [2.75, 3.05) is 18.8 Å². The molecular weight excluding hydrogens is 344 g/mol. The fourth-order valence-corrected chi connectivity index (χ4v) is 4.92. The summed E-state index contributed by atoms with van der Waals surface area (Å²) in [4.78, 5) is 0.259. The van der Waals surface area contributed by atoms with E-state index in [1.54, 1.807) is 12.1 Å². The SMILES string of the molecule is Nc1nnc(C2CCCN(S(=O)(=O)c3ccc(Cl)cc3)C2)s1. The number of hydrogen-bond acceptors (Lipinski definition) is 6. The maximum absolute atomic E-state index is 12.7. The Morgan fingerprint density at radius 1 is 1.27 bits per heavy atom. The van der Waals surface area contributed by atoms with Crippen LogP contribution in [-0.2, 0) is 10.0 Å². The van der Waals surface area contributed by atoms with Crippen LogP contribution in [0, 0.1) is 0 Å². The van der Waals surface area contributed by atoms with Gasteiger partial charge in [-0.25, -0.2) is 8.42 Å². The molecule has 6 nitrogen and oxygen atoms in total. The molecule has 118 valence electrons. The average Bonchev–Trinajstić information content (AvgIpc) is 2.94. The molecule has 1 aromatic carbocycles. The van der Waals surface area contributed by atoms with Gasteiger partial charge in [-0.15, -0.1) is 10.2 Å². The van der Waals surface area contributed by atoms with E-state index in [2.05, 4.69) is 10.2 Å². The molecule has 2 N–H and O–H groups in total. The standard InChI is InChI=1S/C13H15ClN4O2S2/c14-10-3-5-11(6-4-10)22(19,20)18-7-1-2-9(8-18)12-16-17-13(15)21-12/h3-6,9H,1-2,7-8H2,(H2,15,17). The van der Waals surface area contributed by atoms with E-state index < -0.39 is 10.0 Å². The molecule has 1 saturated heterocycles. The Bertz CT molecular complexity index is 761. The van der Waals surface area contributed by atoms with Crippen molar-refractivity contribution < 1.29 is 8.42 Å². The molecule has 0 bridgehead atoms. The number of anilines is 1. The van der Waals surface area contributed by atoms with Crippen LogP contribution < -0.4 is 5.73 Å². The molecule has 1 aliphatic heterocycles. The van der Waals surface area contributed by atoms with Crippen molar-refractivity contribution in [3.05, 3.63) is 34.3 Å². The summed E-state index contributed by atoms with van der Waals surface area (Å²) in [6.07, 6.45) is 1.68. The molecule has 1 atom stereocenters. The molecule has 1 unspecified atom stereocenters. The quantitative estimate of drug-likeness (QED) is 0.909. The van der Waals surface area contributed by atoms with Crippen LogP contribution in [0.1, 0.15) is 23.8 Å². The van der Waals surface area contributed by atoms with Gasteiger partial charge in [-0.05, 0) is 37.1 Å². The van der Waals surface area contributed by atoms with Crippen LogP contribution in [0.25, 0.3) is 0 Å². The smallest absolute Gasteiger partial charge is 0.243 e. The molecule has 0 amide bonds. The summed E-state index contributed by atoms with van der Waals surface area (Å²) in [5.41, 5.74) is 5.61. The Balaban J connectivity index is 1.83. The second kappa shape index (κ2) is 6.11. The maximum atomic E-state index is 12.7. The van der Waals surface area contributed by atoms with Gasteiger partial charge in [0.2, 0.25) is 15.2 Å². The van der Waals surface area contributed by atoms with Crippen molar-refractivity contribution in [2.45, 2.75) is 23.7 Å². The summed E-state index contributed by atoms with van der Waals surface area (Å²) in [5, 5.41) is 9.58. The monoisotopic (exact) mass is 358 g/mol. The maximum Gasteiger partial charge on any atom is 0.243 e. The number of nitrogen functional groups attached to an aromatic ring is 1. The molecular formula is C13H15ClN4O2S2. The summed E-state index contributed by atoms with van der Waals surface area (Å²) >= 11 is 7.14. The van der Waals surface area contributed by atoms with Crippen molar-refractivity contribution in [3.63, 3.8) is 0 Å². The fourth-order valence-electron chi connectivity index (χ4n) is 2.53. The predicted octanol–water partition coefficient (Wildman–Crippen LogP) is 2.34. The van der Waals surface area contributed by atoms with Gasteiger partial charge in [0.05, 0.1) is 4.90 Å². The zero-order valence-corrected chi connectivity index (χ0v) is 14.0. The minimum Gasteiger partial charge on any atom is -0.374 e. The number of benzene rings is 1. The average molecular weight is 359 g/mol. The zero-order valence-electron chi connectivity index (χ0n) is 11.6. The predicted molar refractivity (Wildman–Crippen MR) is 86.5 cm³/mol. The first kappa shape index (κ1) is 15.7. The van der Waals surface area contributed by atoms with Crippen molar-refractivity contribution in [1.29, 1.82) is 0 Å². The zero-order chi connectivity index (χ0) is 15.7. The third-order valence-corrected chi connectivity index (χ3v) is 6.69. The number of rotatable bonds is 3. The highest BCUT2D eigenvalue weighted by molar-refractivity contribution is 7.89. The van der Waals surface area contributed by atoms with Crippen LogP contribution in [0.4, 0.5) is 5.13 Å². The van der Waals surface area contributed by atoms with Gasteiger partial charge in [0, 0.05) is 24.0 Å². The summed E-state index contributed by atoms with van der Waals surface area (Å²) in [6.45, 7) is 0.912.